The van der Waals surface area contributed by atoms with Crippen LogP contribution in [0.4, 0.5) is 11.4 Å². The molecule has 2 aliphatic rings. The molecule has 4 rings (SSSR count). The second-order valence-corrected chi connectivity index (χ2v) is 5.61. The topological polar surface area (TPSA) is 12.5 Å². The molecule has 2 heteroatoms. The summed E-state index contributed by atoms with van der Waals surface area (Å²) in [7, 11) is 0. The minimum Gasteiger partial charge on any atom is -0.453 e. The van der Waals surface area contributed by atoms with Crippen LogP contribution in [0.3, 0.4) is 0 Å². The predicted octanol–water partition coefficient (Wildman–Crippen LogP) is 5.55. The summed E-state index contributed by atoms with van der Waals surface area (Å²) in [5.74, 6) is 1.80. The Labute approximate surface area is 125 Å². The molecule has 2 aromatic carbocycles. The zero-order valence-corrected chi connectivity index (χ0v) is 12.1. The van der Waals surface area contributed by atoms with E-state index in [0.717, 1.165) is 35.7 Å². The number of para-hydroxylation sites is 4. The van der Waals surface area contributed by atoms with Gasteiger partial charge in [0.15, 0.2) is 11.5 Å². The minimum atomic E-state index is 0.899. The lowest BCUT2D eigenvalue weighted by molar-refractivity contribution is 0.476. The average Bonchev–Trinajstić information content (AvgIpc) is 2.84. The summed E-state index contributed by atoms with van der Waals surface area (Å²) >= 11 is 0. The molecule has 0 radical (unpaired) electrons. The van der Waals surface area contributed by atoms with Crippen LogP contribution in [0.5, 0.6) is 11.5 Å². The molecule has 2 aromatic rings. The first-order valence-corrected chi connectivity index (χ1v) is 7.29. The van der Waals surface area contributed by atoms with E-state index in [0.29, 0.717) is 0 Å². The number of hydrogen-bond acceptors (Lipinski definition) is 2. The predicted molar refractivity (Wildman–Crippen MR) is 86.2 cm³/mol. The molecule has 0 unspecified atom stereocenters. The van der Waals surface area contributed by atoms with Gasteiger partial charge in [0.05, 0.1) is 11.4 Å². The van der Waals surface area contributed by atoms with Crippen molar-refractivity contribution in [3.8, 4) is 11.5 Å². The highest BCUT2D eigenvalue weighted by atomic mass is 16.5. The molecule has 0 N–H and O–H groups in total. The molecule has 104 valence electrons. The maximum atomic E-state index is 6.04. The van der Waals surface area contributed by atoms with Crippen molar-refractivity contribution >= 4 is 11.4 Å². The van der Waals surface area contributed by atoms with Gasteiger partial charge in [-0.2, -0.15) is 0 Å². The summed E-state index contributed by atoms with van der Waals surface area (Å²) in [5.41, 5.74) is 6.03. The maximum absolute atomic E-state index is 6.04. The van der Waals surface area contributed by atoms with Crippen LogP contribution in [0.2, 0.25) is 0 Å². The fourth-order valence-electron chi connectivity index (χ4n) is 3.17. The molecule has 1 aliphatic carbocycles. The van der Waals surface area contributed by atoms with Crippen LogP contribution in [0.1, 0.15) is 19.8 Å². The van der Waals surface area contributed by atoms with E-state index < -0.39 is 0 Å². The largest absolute Gasteiger partial charge is 0.453 e. The van der Waals surface area contributed by atoms with Crippen LogP contribution in [-0.2, 0) is 0 Å². The second-order valence-electron chi connectivity index (χ2n) is 5.61. The number of hydrogen-bond donors (Lipinski definition) is 0. The summed E-state index contributed by atoms with van der Waals surface area (Å²) < 4.78 is 6.04. The molecule has 0 aromatic heterocycles. The van der Waals surface area contributed by atoms with Crippen molar-refractivity contribution in [2.45, 2.75) is 19.8 Å². The van der Waals surface area contributed by atoms with Gasteiger partial charge < -0.3 is 9.64 Å². The van der Waals surface area contributed by atoms with Crippen LogP contribution >= 0.6 is 0 Å². The molecule has 1 heterocycles. The van der Waals surface area contributed by atoms with Gasteiger partial charge in [-0.15, -0.1) is 0 Å². The SMILES string of the molecule is C=C1CCC(C)=C1N1c2ccccc2Oc2ccccc21. The number of rotatable bonds is 1. The third kappa shape index (κ3) is 1.79. The normalized spacial score (nSPS) is 16.6. The first-order valence-electron chi connectivity index (χ1n) is 7.29. The second kappa shape index (κ2) is 4.52. The summed E-state index contributed by atoms with van der Waals surface area (Å²) in [6, 6.07) is 16.4. The van der Waals surface area contributed by atoms with E-state index in [2.05, 4.69) is 42.7 Å². The summed E-state index contributed by atoms with van der Waals surface area (Å²) in [6.45, 7) is 6.47. The van der Waals surface area contributed by atoms with Crippen LogP contribution in [0.25, 0.3) is 0 Å². The Hall–Kier alpha value is -2.48. The number of anilines is 2. The molecule has 0 saturated carbocycles. The van der Waals surface area contributed by atoms with Crippen molar-refractivity contribution in [3.63, 3.8) is 0 Å². The van der Waals surface area contributed by atoms with Crippen LogP contribution in [0, 0.1) is 0 Å². The Kier molecular flexibility index (Phi) is 2.64. The van der Waals surface area contributed by atoms with E-state index >= 15 is 0 Å². The van der Waals surface area contributed by atoms with E-state index in [1.807, 2.05) is 24.3 Å². The molecule has 2 nitrogen and oxygen atoms in total. The highest BCUT2D eigenvalue weighted by Crippen LogP contribution is 2.51. The minimum absolute atomic E-state index is 0.899. The van der Waals surface area contributed by atoms with E-state index in [4.69, 9.17) is 4.74 Å². The fraction of sp³-hybridized carbons (Fsp3) is 0.158. The molecule has 0 atom stereocenters. The number of benzene rings is 2. The van der Waals surface area contributed by atoms with E-state index in [1.165, 1.54) is 16.8 Å². The number of nitrogens with zero attached hydrogens (tertiary/aromatic N) is 1. The number of ether oxygens (including phenoxy) is 1. The van der Waals surface area contributed by atoms with Gasteiger partial charge in [0.2, 0.25) is 0 Å². The van der Waals surface area contributed by atoms with E-state index in [9.17, 15) is 0 Å². The van der Waals surface area contributed by atoms with E-state index in [-0.39, 0.29) is 0 Å². The summed E-state index contributed by atoms with van der Waals surface area (Å²) in [5, 5.41) is 0. The Morgan fingerprint density at radius 1 is 0.905 bits per heavy atom. The van der Waals surface area contributed by atoms with Crippen LogP contribution in [0.15, 0.2) is 72.0 Å². The Morgan fingerprint density at radius 2 is 1.48 bits per heavy atom. The average molecular weight is 275 g/mol. The van der Waals surface area contributed by atoms with Gasteiger partial charge >= 0.3 is 0 Å². The van der Waals surface area contributed by atoms with Crippen LogP contribution < -0.4 is 9.64 Å². The first kappa shape index (κ1) is 12.3. The molecule has 0 bridgehead atoms. The lowest BCUT2D eigenvalue weighted by Crippen LogP contribution is -2.21. The van der Waals surface area contributed by atoms with Gasteiger partial charge in [0.1, 0.15) is 0 Å². The quantitative estimate of drug-likeness (QED) is 0.676. The highest BCUT2D eigenvalue weighted by molar-refractivity contribution is 5.83. The monoisotopic (exact) mass is 275 g/mol. The zero-order chi connectivity index (χ0) is 14.4. The Balaban J connectivity index is 1.98. The zero-order valence-electron chi connectivity index (χ0n) is 12.1. The molecular weight excluding hydrogens is 258 g/mol. The van der Waals surface area contributed by atoms with Crippen molar-refractivity contribution in [3.05, 3.63) is 72.0 Å². The van der Waals surface area contributed by atoms with Gasteiger partial charge in [-0.3, -0.25) is 0 Å². The smallest absolute Gasteiger partial charge is 0.151 e. The fourth-order valence-corrected chi connectivity index (χ4v) is 3.17. The lowest BCUT2D eigenvalue weighted by atomic mass is 10.1. The van der Waals surface area contributed by atoms with Crippen LogP contribution in [-0.4, -0.2) is 0 Å². The Bertz CT molecular complexity index is 727. The molecule has 0 fully saturated rings. The van der Waals surface area contributed by atoms with E-state index in [1.54, 1.807) is 0 Å². The molecule has 0 amide bonds. The third-order valence-corrected chi connectivity index (χ3v) is 4.20. The van der Waals surface area contributed by atoms with Gasteiger partial charge in [-0.1, -0.05) is 30.8 Å². The van der Waals surface area contributed by atoms with Gasteiger partial charge in [0.25, 0.3) is 0 Å². The van der Waals surface area contributed by atoms with Crippen molar-refractivity contribution < 1.29 is 4.74 Å². The van der Waals surface area contributed by atoms with Crippen molar-refractivity contribution in [2.75, 3.05) is 4.90 Å². The van der Waals surface area contributed by atoms with Gasteiger partial charge in [0, 0.05) is 5.70 Å². The molecule has 0 spiro atoms. The van der Waals surface area contributed by atoms with Gasteiger partial charge in [-0.25, -0.2) is 0 Å². The molecule has 1 aliphatic heterocycles. The van der Waals surface area contributed by atoms with Crippen molar-refractivity contribution in [1.29, 1.82) is 0 Å². The highest BCUT2D eigenvalue weighted by Gasteiger charge is 2.30. The number of fused-ring (bicyclic) bond motifs is 2. The number of allylic oxidation sites excluding steroid dienone is 2. The summed E-state index contributed by atoms with van der Waals surface area (Å²) in [4.78, 5) is 2.30. The molecule has 21 heavy (non-hydrogen) atoms. The maximum Gasteiger partial charge on any atom is 0.151 e. The lowest BCUT2D eigenvalue weighted by Gasteiger charge is -2.34. The first-order chi connectivity index (χ1) is 10.3. The van der Waals surface area contributed by atoms with Crippen molar-refractivity contribution in [2.24, 2.45) is 0 Å². The van der Waals surface area contributed by atoms with Crippen molar-refractivity contribution in [1.82, 2.24) is 0 Å². The Morgan fingerprint density at radius 3 is 2.00 bits per heavy atom. The molecule has 0 saturated heterocycles. The molecular formula is C19H17NO. The summed E-state index contributed by atoms with van der Waals surface area (Å²) in [6.07, 6.45) is 2.14. The standard InChI is InChI=1S/C19H17NO/c1-13-11-12-14(2)19(13)20-15-7-3-5-9-17(15)21-18-10-6-4-8-16(18)20/h3-10H,1,11-12H2,2H3. The van der Waals surface area contributed by atoms with Gasteiger partial charge in [-0.05, 0) is 55.2 Å². The third-order valence-electron chi connectivity index (χ3n) is 4.20.